The molecule has 2 aromatic rings. The minimum atomic E-state index is -0.768. The third-order valence-electron chi connectivity index (χ3n) is 3.93. The molecule has 0 aliphatic carbocycles. The molecule has 20 heavy (non-hydrogen) atoms. The van der Waals surface area contributed by atoms with Gasteiger partial charge in [0, 0.05) is 11.6 Å². The van der Waals surface area contributed by atoms with Crippen molar-refractivity contribution in [1.29, 1.82) is 0 Å². The predicted octanol–water partition coefficient (Wildman–Crippen LogP) is 2.85. The Morgan fingerprint density at radius 3 is 2.75 bits per heavy atom. The number of pyridine rings is 1. The molecule has 1 aliphatic heterocycles. The van der Waals surface area contributed by atoms with Crippen molar-refractivity contribution in [2.24, 2.45) is 0 Å². The summed E-state index contributed by atoms with van der Waals surface area (Å²) >= 11 is 0. The van der Waals surface area contributed by atoms with Crippen LogP contribution in [-0.4, -0.2) is 34.0 Å². The smallest absolute Gasteiger partial charge is 0.325 e. The maximum absolute atomic E-state index is 11.7. The van der Waals surface area contributed by atoms with Gasteiger partial charge in [-0.15, -0.1) is 0 Å². The lowest BCUT2D eigenvalue weighted by atomic mass is 10.00. The zero-order valence-electron chi connectivity index (χ0n) is 11.3. The molecule has 1 unspecified atom stereocenters. The molecule has 1 N–H and O–H groups in total. The van der Waals surface area contributed by atoms with E-state index in [0.717, 1.165) is 42.4 Å². The van der Waals surface area contributed by atoms with Gasteiger partial charge in [-0.3, -0.25) is 14.7 Å². The average molecular weight is 270 g/mol. The van der Waals surface area contributed by atoms with Gasteiger partial charge in [0.25, 0.3) is 0 Å². The summed E-state index contributed by atoms with van der Waals surface area (Å²) in [5.41, 5.74) is 1.75. The zero-order valence-corrected chi connectivity index (χ0v) is 11.3. The number of piperidine rings is 1. The van der Waals surface area contributed by atoms with Crippen molar-refractivity contribution >= 4 is 16.9 Å². The summed E-state index contributed by atoms with van der Waals surface area (Å²) in [7, 11) is 0. The normalized spacial score (nSPS) is 18.0. The van der Waals surface area contributed by atoms with Crippen molar-refractivity contribution in [3.63, 3.8) is 0 Å². The third-order valence-corrected chi connectivity index (χ3v) is 3.93. The largest absolute Gasteiger partial charge is 0.480 e. The van der Waals surface area contributed by atoms with Gasteiger partial charge in [-0.25, -0.2) is 0 Å². The standard InChI is InChI=1S/C16H18N2O2/c19-16(20)15(18-9-2-1-3-10-18)13-6-7-14-12(11-13)5-4-8-17-14/h4-8,11,15H,1-3,9-10H2,(H,19,20). The Morgan fingerprint density at radius 2 is 2.00 bits per heavy atom. The highest BCUT2D eigenvalue weighted by Crippen LogP contribution is 2.27. The van der Waals surface area contributed by atoms with Gasteiger partial charge in [0.1, 0.15) is 6.04 Å². The van der Waals surface area contributed by atoms with E-state index in [9.17, 15) is 9.90 Å². The van der Waals surface area contributed by atoms with Gasteiger partial charge in [0.15, 0.2) is 0 Å². The maximum atomic E-state index is 11.7. The summed E-state index contributed by atoms with van der Waals surface area (Å²) in [6.07, 6.45) is 5.11. The first kappa shape index (κ1) is 13.1. The van der Waals surface area contributed by atoms with E-state index in [-0.39, 0.29) is 0 Å². The number of fused-ring (bicyclic) bond motifs is 1. The number of aromatic nitrogens is 1. The van der Waals surface area contributed by atoms with E-state index in [2.05, 4.69) is 9.88 Å². The molecule has 3 rings (SSSR count). The first-order valence-electron chi connectivity index (χ1n) is 7.07. The summed E-state index contributed by atoms with van der Waals surface area (Å²) in [5.74, 6) is -0.768. The van der Waals surface area contributed by atoms with E-state index >= 15 is 0 Å². The van der Waals surface area contributed by atoms with Crippen LogP contribution in [0.1, 0.15) is 30.9 Å². The second-order valence-corrected chi connectivity index (χ2v) is 5.29. The fourth-order valence-electron chi connectivity index (χ4n) is 2.95. The van der Waals surface area contributed by atoms with Crippen molar-refractivity contribution in [1.82, 2.24) is 9.88 Å². The minimum Gasteiger partial charge on any atom is -0.480 e. The van der Waals surface area contributed by atoms with Crippen molar-refractivity contribution in [2.45, 2.75) is 25.3 Å². The third kappa shape index (κ3) is 2.51. The number of rotatable bonds is 3. The number of carbonyl (C=O) groups is 1. The Bertz CT molecular complexity index is 621. The van der Waals surface area contributed by atoms with Gasteiger partial charge in [-0.2, -0.15) is 0 Å². The van der Waals surface area contributed by atoms with Crippen LogP contribution in [0.5, 0.6) is 0 Å². The summed E-state index contributed by atoms with van der Waals surface area (Å²) in [4.78, 5) is 18.0. The molecule has 1 aromatic carbocycles. The number of likely N-dealkylation sites (tertiary alicyclic amines) is 1. The molecular formula is C16H18N2O2. The maximum Gasteiger partial charge on any atom is 0.325 e. The molecule has 0 saturated carbocycles. The van der Waals surface area contributed by atoms with E-state index in [1.165, 1.54) is 6.42 Å². The Kier molecular flexibility index (Phi) is 3.65. The molecule has 1 fully saturated rings. The molecule has 0 radical (unpaired) electrons. The number of aliphatic carboxylic acids is 1. The predicted molar refractivity (Wildman–Crippen MR) is 77.5 cm³/mol. The average Bonchev–Trinajstić information content (AvgIpc) is 2.48. The Morgan fingerprint density at radius 1 is 1.20 bits per heavy atom. The number of carboxylic acid groups (broad SMARTS) is 1. The van der Waals surface area contributed by atoms with Gasteiger partial charge in [0.2, 0.25) is 0 Å². The van der Waals surface area contributed by atoms with E-state index in [1.807, 2.05) is 30.3 Å². The fraction of sp³-hybridized carbons (Fsp3) is 0.375. The van der Waals surface area contributed by atoms with Crippen molar-refractivity contribution < 1.29 is 9.90 Å². The second kappa shape index (κ2) is 5.59. The quantitative estimate of drug-likeness (QED) is 0.931. The van der Waals surface area contributed by atoms with E-state index < -0.39 is 12.0 Å². The summed E-state index contributed by atoms with van der Waals surface area (Å²) in [6.45, 7) is 1.73. The minimum absolute atomic E-state index is 0.542. The van der Waals surface area contributed by atoms with Gasteiger partial charge < -0.3 is 5.11 Å². The van der Waals surface area contributed by atoms with Crippen LogP contribution < -0.4 is 0 Å². The number of hydrogen-bond acceptors (Lipinski definition) is 3. The van der Waals surface area contributed by atoms with E-state index in [4.69, 9.17) is 0 Å². The van der Waals surface area contributed by atoms with Crippen molar-refractivity contribution in [3.8, 4) is 0 Å². The molecule has 0 spiro atoms. The lowest BCUT2D eigenvalue weighted by Gasteiger charge is -2.32. The molecule has 104 valence electrons. The number of carboxylic acids is 1. The van der Waals surface area contributed by atoms with Crippen LogP contribution in [0.15, 0.2) is 36.5 Å². The first-order valence-corrected chi connectivity index (χ1v) is 7.07. The molecule has 1 saturated heterocycles. The molecule has 0 bridgehead atoms. The first-order chi connectivity index (χ1) is 9.75. The zero-order chi connectivity index (χ0) is 13.9. The monoisotopic (exact) mass is 270 g/mol. The van der Waals surface area contributed by atoms with Gasteiger partial charge in [-0.05, 0) is 49.7 Å². The van der Waals surface area contributed by atoms with Gasteiger partial charge in [-0.1, -0.05) is 18.6 Å². The fourth-order valence-corrected chi connectivity index (χ4v) is 2.95. The van der Waals surface area contributed by atoms with Crippen LogP contribution >= 0.6 is 0 Å². The van der Waals surface area contributed by atoms with E-state index in [1.54, 1.807) is 6.20 Å². The molecule has 1 atom stereocenters. The van der Waals surface area contributed by atoms with Crippen LogP contribution in [0.2, 0.25) is 0 Å². The Hall–Kier alpha value is -1.94. The van der Waals surface area contributed by atoms with Crippen LogP contribution in [0, 0.1) is 0 Å². The topological polar surface area (TPSA) is 53.4 Å². The van der Waals surface area contributed by atoms with Crippen LogP contribution in [0.3, 0.4) is 0 Å². The van der Waals surface area contributed by atoms with Crippen molar-refractivity contribution in [3.05, 3.63) is 42.1 Å². The molecule has 4 nitrogen and oxygen atoms in total. The van der Waals surface area contributed by atoms with Crippen LogP contribution in [0.25, 0.3) is 10.9 Å². The number of nitrogens with zero attached hydrogens (tertiary/aromatic N) is 2. The highest BCUT2D eigenvalue weighted by molar-refractivity contribution is 5.82. The Balaban J connectivity index is 1.98. The van der Waals surface area contributed by atoms with E-state index in [0.29, 0.717) is 0 Å². The highest BCUT2D eigenvalue weighted by atomic mass is 16.4. The van der Waals surface area contributed by atoms with Gasteiger partial charge in [0.05, 0.1) is 5.52 Å². The molecule has 2 heterocycles. The molecule has 1 aromatic heterocycles. The molecular weight excluding hydrogens is 252 g/mol. The summed E-state index contributed by atoms with van der Waals surface area (Å²) in [6, 6.07) is 9.06. The lowest BCUT2D eigenvalue weighted by molar-refractivity contribution is -0.144. The van der Waals surface area contributed by atoms with Crippen LogP contribution in [-0.2, 0) is 4.79 Å². The number of benzene rings is 1. The van der Waals surface area contributed by atoms with Crippen molar-refractivity contribution in [2.75, 3.05) is 13.1 Å². The summed E-state index contributed by atoms with van der Waals surface area (Å²) in [5, 5.41) is 10.6. The second-order valence-electron chi connectivity index (χ2n) is 5.29. The number of hydrogen-bond donors (Lipinski definition) is 1. The van der Waals surface area contributed by atoms with Gasteiger partial charge >= 0.3 is 5.97 Å². The SMILES string of the molecule is O=C(O)C(c1ccc2ncccc2c1)N1CCCCC1. The molecule has 4 heteroatoms. The summed E-state index contributed by atoms with van der Waals surface area (Å²) < 4.78 is 0. The molecule has 1 aliphatic rings. The Labute approximate surface area is 118 Å². The molecule has 0 amide bonds. The van der Waals surface area contributed by atoms with Crippen LogP contribution in [0.4, 0.5) is 0 Å². The highest BCUT2D eigenvalue weighted by Gasteiger charge is 2.28. The lowest BCUT2D eigenvalue weighted by Crippen LogP contribution is -2.37.